The molecule has 1 heterocycles. The van der Waals surface area contributed by atoms with Gasteiger partial charge in [-0.25, -0.2) is 0 Å². The van der Waals surface area contributed by atoms with Gasteiger partial charge < -0.3 is 15.6 Å². The van der Waals surface area contributed by atoms with Crippen molar-refractivity contribution >= 4 is 23.2 Å². The molecule has 0 spiro atoms. The van der Waals surface area contributed by atoms with Gasteiger partial charge in [0.05, 0.1) is 10.6 Å². The Morgan fingerprint density at radius 2 is 2.05 bits per heavy atom. The van der Waals surface area contributed by atoms with E-state index in [1.165, 1.54) is 17.0 Å². The summed E-state index contributed by atoms with van der Waals surface area (Å²) in [6, 6.07) is 7.31. The first-order valence-corrected chi connectivity index (χ1v) is 6.73. The van der Waals surface area contributed by atoms with Gasteiger partial charge >= 0.3 is 0 Å². The third-order valence-corrected chi connectivity index (χ3v) is 3.91. The van der Waals surface area contributed by atoms with E-state index in [1.54, 1.807) is 18.2 Å². The molecule has 0 aliphatic heterocycles. The second-order valence-corrected chi connectivity index (χ2v) is 5.28. The molecule has 0 unspecified atom stereocenters. The van der Waals surface area contributed by atoms with Crippen molar-refractivity contribution in [3.05, 3.63) is 51.8 Å². The number of nitrogens with two attached hydrogens (primary N) is 1. The van der Waals surface area contributed by atoms with Gasteiger partial charge in [0, 0.05) is 30.7 Å². The predicted octanol–water partition coefficient (Wildman–Crippen LogP) is 3.01. The molecule has 3 N–H and O–H groups in total. The number of amides is 1. The van der Waals surface area contributed by atoms with Gasteiger partial charge in [-0.15, -0.1) is 0 Å². The molecule has 1 aromatic heterocycles. The lowest BCUT2D eigenvalue weighted by Gasteiger charge is -2.08. The fraction of sp³-hybridized carbons (Fsp3) is 0.267. The molecule has 1 aromatic carbocycles. The lowest BCUT2D eigenvalue weighted by molar-refractivity contribution is 0.100. The summed E-state index contributed by atoms with van der Waals surface area (Å²) in [6.07, 6.45) is 0. The van der Waals surface area contributed by atoms with E-state index in [9.17, 15) is 4.79 Å². The Bertz CT molecular complexity index is 661. The fourth-order valence-electron chi connectivity index (χ4n) is 2.13. The van der Waals surface area contributed by atoms with Crippen molar-refractivity contribution < 1.29 is 4.79 Å². The van der Waals surface area contributed by atoms with Crippen LogP contribution in [0, 0.1) is 13.8 Å². The van der Waals surface area contributed by atoms with Crippen LogP contribution in [-0.4, -0.2) is 10.5 Å². The minimum absolute atomic E-state index is 0.337. The Hall–Kier alpha value is -1.94. The standard InChI is InChI=1S/C15H18ClN3O/c1-9-6-11(10(2)19(9)3)8-18-12-4-5-13(15(17)20)14(16)7-12/h4-7,18H,8H2,1-3H3,(H2,17,20). The van der Waals surface area contributed by atoms with Gasteiger partial charge in [0.15, 0.2) is 0 Å². The number of carbonyl (C=O) groups excluding carboxylic acids is 1. The minimum Gasteiger partial charge on any atom is -0.381 e. The first kappa shape index (κ1) is 14.5. The summed E-state index contributed by atoms with van der Waals surface area (Å²) in [7, 11) is 2.05. The molecule has 0 aliphatic carbocycles. The Labute approximate surface area is 123 Å². The van der Waals surface area contributed by atoms with Gasteiger partial charge in [0.2, 0.25) is 5.91 Å². The van der Waals surface area contributed by atoms with Gasteiger partial charge in [-0.05, 0) is 43.7 Å². The monoisotopic (exact) mass is 291 g/mol. The summed E-state index contributed by atoms with van der Waals surface area (Å²) in [4.78, 5) is 11.1. The predicted molar refractivity (Wildman–Crippen MR) is 82.2 cm³/mol. The van der Waals surface area contributed by atoms with Crippen molar-refractivity contribution in [1.82, 2.24) is 4.57 Å². The summed E-state index contributed by atoms with van der Waals surface area (Å²) < 4.78 is 2.15. The molecule has 5 heteroatoms. The number of hydrogen-bond donors (Lipinski definition) is 2. The highest BCUT2D eigenvalue weighted by Crippen LogP contribution is 2.22. The minimum atomic E-state index is -0.518. The average molecular weight is 292 g/mol. The van der Waals surface area contributed by atoms with Crippen molar-refractivity contribution in [2.24, 2.45) is 12.8 Å². The second kappa shape index (κ2) is 5.59. The van der Waals surface area contributed by atoms with Crippen LogP contribution in [-0.2, 0) is 13.6 Å². The van der Waals surface area contributed by atoms with Gasteiger partial charge in [-0.2, -0.15) is 0 Å². The Morgan fingerprint density at radius 1 is 1.35 bits per heavy atom. The van der Waals surface area contributed by atoms with Crippen LogP contribution in [0.5, 0.6) is 0 Å². The molecule has 2 rings (SSSR count). The van der Waals surface area contributed by atoms with Crippen molar-refractivity contribution in [2.75, 3.05) is 5.32 Å². The van der Waals surface area contributed by atoms with Crippen LogP contribution >= 0.6 is 11.6 Å². The lowest BCUT2D eigenvalue weighted by atomic mass is 10.2. The van der Waals surface area contributed by atoms with Gasteiger partial charge in [0.25, 0.3) is 0 Å². The number of aromatic nitrogens is 1. The summed E-state index contributed by atoms with van der Waals surface area (Å²) in [5, 5.41) is 3.66. The van der Waals surface area contributed by atoms with Gasteiger partial charge in [-0.1, -0.05) is 11.6 Å². The number of hydrogen-bond acceptors (Lipinski definition) is 2. The maximum atomic E-state index is 11.1. The van der Waals surface area contributed by atoms with E-state index < -0.39 is 5.91 Å². The van der Waals surface area contributed by atoms with Crippen LogP contribution in [0.2, 0.25) is 5.02 Å². The Kier molecular flexibility index (Phi) is 4.04. The Morgan fingerprint density at radius 3 is 2.55 bits per heavy atom. The molecule has 1 amide bonds. The second-order valence-electron chi connectivity index (χ2n) is 4.87. The summed E-state index contributed by atoms with van der Waals surface area (Å²) >= 11 is 6.02. The SMILES string of the molecule is Cc1cc(CNc2ccc(C(N)=O)c(Cl)c2)c(C)n1C. The Balaban J connectivity index is 2.13. The fourth-order valence-corrected chi connectivity index (χ4v) is 2.41. The summed E-state index contributed by atoms with van der Waals surface area (Å²) in [6.45, 7) is 4.88. The number of aryl methyl sites for hydroxylation is 1. The highest BCUT2D eigenvalue weighted by Gasteiger charge is 2.08. The largest absolute Gasteiger partial charge is 0.381 e. The van der Waals surface area contributed by atoms with Crippen LogP contribution in [0.1, 0.15) is 27.3 Å². The normalized spacial score (nSPS) is 10.6. The van der Waals surface area contributed by atoms with Crippen LogP contribution in [0.15, 0.2) is 24.3 Å². The maximum absolute atomic E-state index is 11.1. The van der Waals surface area contributed by atoms with E-state index in [4.69, 9.17) is 17.3 Å². The number of nitrogens with one attached hydrogen (secondary N) is 1. The zero-order chi connectivity index (χ0) is 14.9. The van der Waals surface area contributed by atoms with Crippen LogP contribution in [0.3, 0.4) is 0 Å². The number of nitrogens with zero attached hydrogens (tertiary/aromatic N) is 1. The van der Waals surface area contributed by atoms with Crippen molar-refractivity contribution in [1.29, 1.82) is 0 Å². The number of rotatable bonds is 4. The van der Waals surface area contributed by atoms with Crippen molar-refractivity contribution in [3.63, 3.8) is 0 Å². The van der Waals surface area contributed by atoms with Gasteiger partial charge in [-0.3, -0.25) is 4.79 Å². The number of carbonyl (C=O) groups is 1. The molecule has 0 saturated carbocycles. The van der Waals surface area contributed by atoms with E-state index in [2.05, 4.69) is 29.8 Å². The molecule has 0 radical (unpaired) electrons. The van der Waals surface area contributed by atoms with Crippen LogP contribution < -0.4 is 11.1 Å². The van der Waals surface area contributed by atoms with Crippen molar-refractivity contribution in [2.45, 2.75) is 20.4 Å². The average Bonchev–Trinajstić information content (AvgIpc) is 2.63. The summed E-state index contributed by atoms with van der Waals surface area (Å²) in [5.74, 6) is -0.518. The lowest BCUT2D eigenvalue weighted by Crippen LogP contribution is -2.11. The maximum Gasteiger partial charge on any atom is 0.250 e. The molecule has 0 bridgehead atoms. The molecule has 4 nitrogen and oxygen atoms in total. The molecule has 20 heavy (non-hydrogen) atoms. The third kappa shape index (κ3) is 2.80. The highest BCUT2D eigenvalue weighted by molar-refractivity contribution is 6.34. The molecular formula is C15H18ClN3O. The van der Waals surface area contributed by atoms with E-state index >= 15 is 0 Å². The summed E-state index contributed by atoms with van der Waals surface area (Å²) in [5.41, 5.74) is 10.1. The van der Waals surface area contributed by atoms with E-state index in [1.807, 2.05) is 7.05 Å². The van der Waals surface area contributed by atoms with E-state index in [0.717, 1.165) is 5.69 Å². The molecule has 0 aliphatic rings. The zero-order valence-electron chi connectivity index (χ0n) is 11.8. The quantitative estimate of drug-likeness (QED) is 0.910. The number of benzene rings is 1. The topological polar surface area (TPSA) is 60.0 Å². The smallest absolute Gasteiger partial charge is 0.250 e. The highest BCUT2D eigenvalue weighted by atomic mass is 35.5. The number of anilines is 1. The molecule has 2 aromatic rings. The molecule has 0 saturated heterocycles. The van der Waals surface area contributed by atoms with Crippen LogP contribution in [0.25, 0.3) is 0 Å². The van der Waals surface area contributed by atoms with Crippen LogP contribution in [0.4, 0.5) is 5.69 Å². The first-order valence-electron chi connectivity index (χ1n) is 6.35. The first-order chi connectivity index (χ1) is 9.40. The third-order valence-electron chi connectivity index (χ3n) is 3.60. The van der Waals surface area contributed by atoms with Crippen molar-refractivity contribution in [3.8, 4) is 0 Å². The zero-order valence-corrected chi connectivity index (χ0v) is 12.6. The van der Waals surface area contributed by atoms with Gasteiger partial charge in [0.1, 0.15) is 0 Å². The molecule has 0 fully saturated rings. The molecule has 0 atom stereocenters. The molecular weight excluding hydrogens is 274 g/mol. The number of primary amides is 1. The number of halogens is 1. The van der Waals surface area contributed by atoms with E-state index in [0.29, 0.717) is 17.1 Å². The van der Waals surface area contributed by atoms with E-state index in [-0.39, 0.29) is 0 Å². The molecule has 106 valence electrons.